The molecule has 0 bridgehead atoms. The second kappa shape index (κ2) is 12.7. The number of rotatable bonds is 4. The number of hydrogen-bond acceptors (Lipinski definition) is 2. The summed E-state index contributed by atoms with van der Waals surface area (Å²) in [5.74, 6) is -0.0226. The van der Waals surface area contributed by atoms with Gasteiger partial charge in [-0.15, -0.1) is 29.8 Å². The van der Waals surface area contributed by atoms with Crippen molar-refractivity contribution in [2.75, 3.05) is 0 Å². The minimum atomic E-state index is -0.0226. The van der Waals surface area contributed by atoms with Gasteiger partial charge in [-0.25, -0.2) is 0 Å². The maximum absolute atomic E-state index is 11.6. The molecule has 34 heavy (non-hydrogen) atoms. The van der Waals surface area contributed by atoms with Gasteiger partial charge in [0.15, 0.2) is 5.78 Å². The number of pyridine rings is 1. The maximum Gasteiger partial charge on any atom is 0.171 e. The summed E-state index contributed by atoms with van der Waals surface area (Å²) in [7, 11) is 0. The molecule has 6 heteroatoms. The van der Waals surface area contributed by atoms with E-state index in [0.29, 0.717) is 11.3 Å². The van der Waals surface area contributed by atoms with Crippen LogP contribution in [0.1, 0.15) is 27.3 Å². The van der Waals surface area contributed by atoms with Crippen molar-refractivity contribution in [3.8, 4) is 0 Å². The zero-order valence-corrected chi connectivity index (χ0v) is 23.4. The number of aromatic nitrogens is 2. The molecule has 3 nitrogen and oxygen atoms in total. The molecule has 0 unspecified atom stereocenters. The summed E-state index contributed by atoms with van der Waals surface area (Å²) < 4.78 is 2.04. The molecule has 0 aliphatic heterocycles. The summed E-state index contributed by atoms with van der Waals surface area (Å²) in [4.78, 5) is 20.0. The fraction of sp³-hybridized carbons (Fsp3) is 0. The van der Waals surface area contributed by atoms with E-state index in [1.165, 1.54) is 5.39 Å². The van der Waals surface area contributed by atoms with Crippen LogP contribution in [-0.4, -0.2) is 10.8 Å². The Kier molecular flexibility index (Phi) is 9.73. The molecule has 171 valence electrons. The summed E-state index contributed by atoms with van der Waals surface area (Å²) in [6.45, 7) is 0. The molecule has 0 fully saturated rings. The van der Waals surface area contributed by atoms with Crippen molar-refractivity contribution < 1.29 is 24.9 Å². The quantitative estimate of drug-likeness (QED) is 0.141. The topological polar surface area (TPSA) is 44.1 Å². The number of halogens is 2. The standard InChI is InChI=1S/C17H10Br2N.C11H9NO.Ir/c18-14-9-12(10-15(19)11-14)5-6-17-16-4-2-1-3-13(16)7-8-20-17;13-11(10-7-4-8-12-10)9-5-2-1-3-6-9;/h1-4,6-11H;1-8H,(H,12,13);/q-1;;/p-1. The van der Waals surface area contributed by atoms with Crippen molar-refractivity contribution >= 4 is 54.5 Å². The van der Waals surface area contributed by atoms with Gasteiger partial charge in [0.25, 0.3) is 0 Å². The summed E-state index contributed by atoms with van der Waals surface area (Å²) in [5.41, 5.74) is 3.12. The molecule has 0 saturated heterocycles. The largest absolute Gasteiger partial charge is 0.661 e. The summed E-state index contributed by atoms with van der Waals surface area (Å²) in [5, 5.41) is 2.32. The second-order valence-electron chi connectivity index (χ2n) is 7.08. The first-order chi connectivity index (χ1) is 16.1. The number of carbonyl (C=O) groups excluding carboxylic acids is 1. The van der Waals surface area contributed by atoms with Crippen LogP contribution in [0.15, 0.2) is 112 Å². The molecule has 0 N–H and O–H groups in total. The van der Waals surface area contributed by atoms with Crippen molar-refractivity contribution in [3.63, 3.8) is 0 Å². The van der Waals surface area contributed by atoms with Crippen molar-refractivity contribution in [1.29, 1.82) is 0 Å². The van der Waals surface area contributed by atoms with Crippen molar-refractivity contribution in [2.45, 2.75) is 0 Å². The van der Waals surface area contributed by atoms with Gasteiger partial charge in [0.1, 0.15) is 0 Å². The molecule has 0 spiro atoms. The molecule has 3 aromatic carbocycles. The first kappa shape index (κ1) is 26.0. The number of nitrogens with zero attached hydrogens (tertiary/aromatic N) is 2. The third-order valence-corrected chi connectivity index (χ3v) is 5.68. The van der Waals surface area contributed by atoms with E-state index < -0.39 is 0 Å². The van der Waals surface area contributed by atoms with Gasteiger partial charge < -0.3 is 9.97 Å². The van der Waals surface area contributed by atoms with E-state index in [4.69, 9.17) is 0 Å². The van der Waals surface area contributed by atoms with Crippen molar-refractivity contribution in [3.05, 3.63) is 141 Å². The van der Waals surface area contributed by atoms with Crippen LogP contribution in [0, 0.1) is 6.08 Å². The monoisotopic (exact) mass is 749 g/mol. The minimum Gasteiger partial charge on any atom is -0.661 e. The Morgan fingerprint density at radius 2 is 1.56 bits per heavy atom. The fourth-order valence-electron chi connectivity index (χ4n) is 3.22. The Morgan fingerprint density at radius 1 is 0.853 bits per heavy atom. The van der Waals surface area contributed by atoms with E-state index in [9.17, 15) is 4.79 Å². The van der Waals surface area contributed by atoms with E-state index in [0.717, 1.165) is 25.6 Å². The van der Waals surface area contributed by atoms with Crippen LogP contribution in [0.5, 0.6) is 0 Å². The third kappa shape index (κ3) is 6.94. The van der Waals surface area contributed by atoms with E-state index in [1.54, 1.807) is 30.5 Å². The zero-order valence-electron chi connectivity index (χ0n) is 17.8. The summed E-state index contributed by atoms with van der Waals surface area (Å²) >= 11 is 6.96. The van der Waals surface area contributed by atoms with Crippen molar-refractivity contribution in [1.82, 2.24) is 9.97 Å². The van der Waals surface area contributed by atoms with Crippen LogP contribution < -0.4 is 4.98 Å². The first-order valence-electron chi connectivity index (χ1n) is 10.2. The van der Waals surface area contributed by atoms with Gasteiger partial charge in [-0.1, -0.05) is 110 Å². The minimum absolute atomic E-state index is 0. The second-order valence-corrected chi connectivity index (χ2v) is 8.91. The van der Waals surface area contributed by atoms with E-state index in [2.05, 4.69) is 60.0 Å². The molecule has 0 amide bonds. The molecule has 5 aromatic rings. The molecule has 0 aliphatic rings. The van der Waals surface area contributed by atoms with E-state index >= 15 is 0 Å². The molecule has 2 heterocycles. The van der Waals surface area contributed by atoms with Gasteiger partial charge in [-0.05, 0) is 31.5 Å². The predicted molar refractivity (Wildman–Crippen MR) is 140 cm³/mol. The van der Waals surface area contributed by atoms with Gasteiger partial charge in [0, 0.05) is 31.9 Å². The molecule has 0 aliphatic carbocycles. The molecule has 0 atom stereocenters. The molecule has 1 radical (unpaired) electrons. The average molecular weight is 750 g/mol. The SMILES string of the molecule is Brc1cc(Br)cc([C-]=Cc2nccc3ccccc23)c1.O=C(c1ccccc1)c1ccc[n-]1.[Ir]. The van der Waals surface area contributed by atoms with Gasteiger partial charge >= 0.3 is 0 Å². The van der Waals surface area contributed by atoms with Crippen LogP contribution in [0.25, 0.3) is 16.8 Å². The van der Waals surface area contributed by atoms with Gasteiger partial charge in [-0.3, -0.25) is 4.79 Å². The molecule has 2 aromatic heterocycles. The fourth-order valence-corrected chi connectivity index (χ4v) is 4.51. The summed E-state index contributed by atoms with van der Waals surface area (Å²) in [6, 6.07) is 28.9. The molecular weight excluding hydrogens is 732 g/mol. The zero-order chi connectivity index (χ0) is 23.0. The Morgan fingerprint density at radius 3 is 2.26 bits per heavy atom. The van der Waals surface area contributed by atoms with Gasteiger partial charge in [-0.2, -0.15) is 6.20 Å². The maximum atomic E-state index is 11.6. The first-order valence-corrected chi connectivity index (χ1v) is 11.8. The van der Waals surface area contributed by atoms with Crippen LogP contribution in [-0.2, 0) is 20.1 Å². The summed E-state index contributed by atoms with van der Waals surface area (Å²) in [6.07, 6.45) is 8.66. The number of hydrogen-bond donors (Lipinski definition) is 0. The number of fused-ring (bicyclic) bond motifs is 1. The number of carbonyl (C=O) groups is 1. The van der Waals surface area contributed by atoms with Gasteiger partial charge in [0.05, 0.1) is 0 Å². The van der Waals surface area contributed by atoms with Crippen LogP contribution in [0.2, 0.25) is 0 Å². The normalized spacial score (nSPS) is 10.4. The Hall–Kier alpha value is -2.63. The molecular formula is C28H18Br2IrN2O-2. The molecule has 5 rings (SSSR count). The van der Waals surface area contributed by atoms with E-state index in [-0.39, 0.29) is 25.9 Å². The van der Waals surface area contributed by atoms with Crippen LogP contribution in [0.4, 0.5) is 0 Å². The van der Waals surface area contributed by atoms with Gasteiger partial charge in [0.2, 0.25) is 0 Å². The van der Waals surface area contributed by atoms with E-state index in [1.807, 2.05) is 66.9 Å². The van der Waals surface area contributed by atoms with Crippen LogP contribution >= 0.6 is 31.9 Å². The average Bonchev–Trinajstić information content (AvgIpc) is 3.38. The van der Waals surface area contributed by atoms with Crippen LogP contribution in [0.3, 0.4) is 0 Å². The third-order valence-electron chi connectivity index (χ3n) is 4.76. The smallest absolute Gasteiger partial charge is 0.171 e. The molecule has 0 saturated carbocycles. The Labute approximate surface area is 228 Å². The number of benzene rings is 3. The van der Waals surface area contributed by atoms with Crippen molar-refractivity contribution in [2.24, 2.45) is 0 Å². The number of ketones is 1. The predicted octanol–water partition coefficient (Wildman–Crippen LogP) is 7.50. The Balaban J connectivity index is 0.000000201. The Bertz CT molecular complexity index is 1380.